The topological polar surface area (TPSA) is 71.2 Å². The van der Waals surface area contributed by atoms with E-state index in [0.29, 0.717) is 17.2 Å². The number of nitrogen functional groups attached to an aromatic ring is 1. The van der Waals surface area contributed by atoms with Crippen LogP contribution in [0.3, 0.4) is 0 Å². The fraction of sp³-hybridized carbons (Fsp3) is 0.333. The second kappa shape index (κ2) is 6.03. The Kier molecular flexibility index (Phi) is 4.39. The van der Waals surface area contributed by atoms with Crippen molar-refractivity contribution in [2.45, 2.75) is 13.5 Å². The van der Waals surface area contributed by atoms with E-state index in [9.17, 15) is 4.79 Å². The summed E-state index contributed by atoms with van der Waals surface area (Å²) in [5.74, 6) is 0.125. The molecule has 2 aromatic heterocycles. The first-order valence-electron chi connectivity index (χ1n) is 5.88. The van der Waals surface area contributed by atoms with Gasteiger partial charge in [-0.15, -0.1) is 0 Å². The van der Waals surface area contributed by atoms with Gasteiger partial charge in [-0.2, -0.15) is 11.3 Å². The average Bonchev–Trinajstić information content (AvgIpc) is 3.04. The van der Waals surface area contributed by atoms with Crippen LogP contribution >= 0.6 is 22.7 Å². The van der Waals surface area contributed by atoms with Crippen molar-refractivity contribution in [3.63, 3.8) is 0 Å². The number of rotatable bonds is 5. The first-order chi connectivity index (χ1) is 9.11. The SMILES string of the molecule is CCN(C)c1nc(N)c(C(=O)NCc2ccsc2)s1. The molecule has 0 spiro atoms. The number of thiazole rings is 1. The Balaban J connectivity index is 2.04. The molecule has 0 aliphatic heterocycles. The Morgan fingerprint density at radius 3 is 3.00 bits per heavy atom. The van der Waals surface area contributed by atoms with Crippen molar-refractivity contribution in [1.82, 2.24) is 10.3 Å². The number of nitrogens with zero attached hydrogens (tertiary/aromatic N) is 2. The number of amides is 1. The van der Waals surface area contributed by atoms with Gasteiger partial charge in [0.25, 0.3) is 5.91 Å². The van der Waals surface area contributed by atoms with Crippen molar-refractivity contribution in [3.05, 3.63) is 27.3 Å². The molecule has 102 valence electrons. The summed E-state index contributed by atoms with van der Waals surface area (Å²) in [5.41, 5.74) is 6.89. The second-order valence-electron chi connectivity index (χ2n) is 4.04. The predicted molar refractivity (Wildman–Crippen MR) is 81.0 cm³/mol. The molecule has 5 nitrogen and oxygen atoms in total. The van der Waals surface area contributed by atoms with E-state index in [1.807, 2.05) is 35.7 Å². The average molecular weight is 296 g/mol. The molecule has 0 saturated heterocycles. The fourth-order valence-corrected chi connectivity index (χ4v) is 3.03. The molecule has 0 fully saturated rings. The lowest BCUT2D eigenvalue weighted by Gasteiger charge is -2.10. The minimum absolute atomic E-state index is 0.169. The third-order valence-electron chi connectivity index (χ3n) is 2.68. The molecule has 0 unspecified atom stereocenters. The van der Waals surface area contributed by atoms with Crippen molar-refractivity contribution >= 4 is 39.5 Å². The van der Waals surface area contributed by atoms with Gasteiger partial charge in [0, 0.05) is 20.1 Å². The zero-order chi connectivity index (χ0) is 13.8. The van der Waals surface area contributed by atoms with E-state index in [1.165, 1.54) is 11.3 Å². The largest absolute Gasteiger partial charge is 0.382 e. The molecule has 7 heteroatoms. The Morgan fingerprint density at radius 1 is 1.58 bits per heavy atom. The van der Waals surface area contributed by atoms with Gasteiger partial charge in [-0.1, -0.05) is 11.3 Å². The summed E-state index contributed by atoms with van der Waals surface area (Å²) in [6, 6.07) is 1.98. The summed E-state index contributed by atoms with van der Waals surface area (Å²) in [6.45, 7) is 3.36. The molecule has 3 N–H and O–H groups in total. The molecular weight excluding hydrogens is 280 g/mol. The highest BCUT2D eigenvalue weighted by molar-refractivity contribution is 7.18. The van der Waals surface area contributed by atoms with Gasteiger partial charge in [-0.3, -0.25) is 4.79 Å². The number of hydrogen-bond acceptors (Lipinski definition) is 6. The molecule has 0 aliphatic rings. The van der Waals surface area contributed by atoms with Crippen molar-refractivity contribution in [2.24, 2.45) is 0 Å². The standard InChI is InChI=1S/C12H16N4OS2/c1-3-16(2)12-15-10(13)9(19-12)11(17)14-6-8-4-5-18-7-8/h4-5,7H,3,6,13H2,1-2H3,(H,14,17). The van der Waals surface area contributed by atoms with Crippen LogP contribution in [0, 0.1) is 0 Å². The molecule has 0 radical (unpaired) electrons. The smallest absolute Gasteiger partial charge is 0.265 e. The number of thiophene rings is 1. The zero-order valence-electron chi connectivity index (χ0n) is 10.8. The summed E-state index contributed by atoms with van der Waals surface area (Å²) in [6.07, 6.45) is 0. The third-order valence-corrected chi connectivity index (χ3v) is 4.60. The summed E-state index contributed by atoms with van der Waals surface area (Å²) in [7, 11) is 1.92. The molecule has 0 aliphatic carbocycles. The second-order valence-corrected chi connectivity index (χ2v) is 5.80. The molecule has 2 heterocycles. The molecule has 0 atom stereocenters. The summed E-state index contributed by atoms with van der Waals surface area (Å²) in [5, 5.41) is 7.61. The van der Waals surface area contributed by atoms with Gasteiger partial charge in [0.15, 0.2) is 5.13 Å². The molecule has 0 saturated carbocycles. The van der Waals surface area contributed by atoms with Gasteiger partial charge in [0.1, 0.15) is 10.7 Å². The van der Waals surface area contributed by atoms with Crippen LogP contribution in [0.2, 0.25) is 0 Å². The van der Waals surface area contributed by atoms with Crippen LogP contribution in [-0.4, -0.2) is 24.5 Å². The number of anilines is 2. The van der Waals surface area contributed by atoms with E-state index in [4.69, 9.17) is 5.73 Å². The maximum atomic E-state index is 12.0. The van der Waals surface area contributed by atoms with E-state index in [-0.39, 0.29) is 5.91 Å². The van der Waals surface area contributed by atoms with Gasteiger partial charge < -0.3 is 16.0 Å². The number of nitrogens with two attached hydrogens (primary N) is 1. The maximum Gasteiger partial charge on any atom is 0.265 e. The molecule has 2 aromatic rings. The van der Waals surface area contributed by atoms with Crippen LogP contribution in [0.4, 0.5) is 10.9 Å². The van der Waals surface area contributed by atoms with Crippen molar-refractivity contribution in [3.8, 4) is 0 Å². The monoisotopic (exact) mass is 296 g/mol. The van der Waals surface area contributed by atoms with E-state index in [2.05, 4.69) is 10.3 Å². The first-order valence-corrected chi connectivity index (χ1v) is 7.64. The van der Waals surface area contributed by atoms with Gasteiger partial charge >= 0.3 is 0 Å². The quantitative estimate of drug-likeness (QED) is 0.887. The number of carbonyl (C=O) groups is 1. The fourth-order valence-electron chi connectivity index (χ4n) is 1.44. The minimum atomic E-state index is -0.169. The van der Waals surface area contributed by atoms with Crippen LogP contribution < -0.4 is 16.0 Å². The van der Waals surface area contributed by atoms with E-state index < -0.39 is 0 Å². The zero-order valence-corrected chi connectivity index (χ0v) is 12.5. The highest BCUT2D eigenvalue weighted by atomic mass is 32.1. The molecule has 1 amide bonds. The van der Waals surface area contributed by atoms with Gasteiger partial charge in [0.05, 0.1) is 0 Å². The predicted octanol–water partition coefficient (Wildman–Crippen LogP) is 2.17. The number of nitrogens with one attached hydrogen (secondary N) is 1. The summed E-state index contributed by atoms with van der Waals surface area (Å²) < 4.78 is 0. The lowest BCUT2D eigenvalue weighted by Crippen LogP contribution is -2.22. The molecule has 0 bridgehead atoms. The normalized spacial score (nSPS) is 10.4. The van der Waals surface area contributed by atoms with Gasteiger partial charge in [0.2, 0.25) is 0 Å². The van der Waals surface area contributed by atoms with Gasteiger partial charge in [-0.25, -0.2) is 4.98 Å². The molecule has 19 heavy (non-hydrogen) atoms. The van der Waals surface area contributed by atoms with Crippen molar-refractivity contribution in [2.75, 3.05) is 24.2 Å². The number of aromatic nitrogens is 1. The number of hydrogen-bond donors (Lipinski definition) is 2. The Labute approximate surface area is 120 Å². The lowest BCUT2D eigenvalue weighted by atomic mass is 10.3. The molecule has 2 rings (SSSR count). The van der Waals surface area contributed by atoms with Crippen LogP contribution in [0.25, 0.3) is 0 Å². The Hall–Kier alpha value is -1.60. The Morgan fingerprint density at radius 2 is 2.37 bits per heavy atom. The molecular formula is C12H16N4OS2. The Bertz CT molecular complexity index is 550. The van der Waals surface area contributed by atoms with Crippen LogP contribution in [0.5, 0.6) is 0 Å². The lowest BCUT2D eigenvalue weighted by molar-refractivity contribution is 0.0955. The first kappa shape index (κ1) is 13.8. The van der Waals surface area contributed by atoms with Crippen LogP contribution in [0.1, 0.15) is 22.2 Å². The highest BCUT2D eigenvalue weighted by Gasteiger charge is 2.17. The highest BCUT2D eigenvalue weighted by Crippen LogP contribution is 2.27. The van der Waals surface area contributed by atoms with Crippen LogP contribution in [-0.2, 0) is 6.54 Å². The molecule has 0 aromatic carbocycles. The summed E-state index contributed by atoms with van der Waals surface area (Å²) >= 11 is 2.93. The van der Waals surface area contributed by atoms with E-state index in [0.717, 1.165) is 17.2 Å². The van der Waals surface area contributed by atoms with Gasteiger partial charge in [-0.05, 0) is 29.3 Å². The van der Waals surface area contributed by atoms with E-state index >= 15 is 0 Å². The third kappa shape index (κ3) is 3.24. The summed E-state index contributed by atoms with van der Waals surface area (Å²) in [4.78, 5) is 18.7. The van der Waals surface area contributed by atoms with Crippen LogP contribution in [0.15, 0.2) is 16.8 Å². The van der Waals surface area contributed by atoms with Crippen molar-refractivity contribution < 1.29 is 4.79 Å². The minimum Gasteiger partial charge on any atom is -0.382 e. The van der Waals surface area contributed by atoms with Crippen molar-refractivity contribution in [1.29, 1.82) is 0 Å². The van der Waals surface area contributed by atoms with E-state index in [1.54, 1.807) is 11.3 Å². The number of carbonyl (C=O) groups excluding carboxylic acids is 1. The maximum absolute atomic E-state index is 12.0.